The van der Waals surface area contributed by atoms with Gasteiger partial charge in [0.1, 0.15) is 17.4 Å². The Balaban J connectivity index is 2.02. The highest BCUT2D eigenvalue weighted by Gasteiger charge is 2.19. The van der Waals surface area contributed by atoms with Crippen molar-refractivity contribution in [3.8, 4) is 5.75 Å². The number of benzene rings is 2. The van der Waals surface area contributed by atoms with Gasteiger partial charge >= 0.3 is 0 Å². The van der Waals surface area contributed by atoms with Gasteiger partial charge in [0, 0.05) is 17.3 Å². The van der Waals surface area contributed by atoms with Crippen molar-refractivity contribution in [2.45, 2.75) is 13.0 Å². The molecule has 0 aliphatic heterocycles. The third kappa shape index (κ3) is 4.90. The van der Waals surface area contributed by atoms with Gasteiger partial charge in [-0.3, -0.25) is 9.69 Å². The first-order chi connectivity index (χ1) is 11.8. The van der Waals surface area contributed by atoms with E-state index in [-0.39, 0.29) is 18.0 Å². The fourth-order valence-corrected chi connectivity index (χ4v) is 2.64. The second kappa shape index (κ2) is 8.27. The molecule has 1 atom stereocenters. The van der Waals surface area contributed by atoms with Crippen molar-refractivity contribution in [1.82, 2.24) is 4.90 Å². The second-order valence-electron chi connectivity index (χ2n) is 5.65. The van der Waals surface area contributed by atoms with Crippen molar-refractivity contribution in [2.75, 3.05) is 26.0 Å². The average Bonchev–Trinajstić information content (AvgIpc) is 2.56. The molecule has 134 valence electrons. The van der Waals surface area contributed by atoms with Crippen LogP contribution in [0.15, 0.2) is 36.4 Å². The molecular weight excluding hydrogens is 350 g/mol. The fraction of sp³-hybridized carbons (Fsp3) is 0.278. The van der Waals surface area contributed by atoms with Gasteiger partial charge in [-0.2, -0.15) is 0 Å². The Morgan fingerprint density at radius 3 is 2.64 bits per heavy atom. The van der Waals surface area contributed by atoms with Crippen LogP contribution >= 0.6 is 11.6 Å². The summed E-state index contributed by atoms with van der Waals surface area (Å²) in [5.74, 6) is -0.823. The summed E-state index contributed by atoms with van der Waals surface area (Å²) in [5.41, 5.74) is 0.719. The molecule has 0 fully saturated rings. The van der Waals surface area contributed by atoms with Gasteiger partial charge in [-0.05, 0) is 50.4 Å². The van der Waals surface area contributed by atoms with Crippen LogP contribution < -0.4 is 10.1 Å². The molecule has 0 aliphatic rings. The van der Waals surface area contributed by atoms with Gasteiger partial charge in [-0.15, -0.1) is 0 Å². The first-order valence-electron chi connectivity index (χ1n) is 7.60. The van der Waals surface area contributed by atoms with Crippen molar-refractivity contribution in [2.24, 2.45) is 0 Å². The standard InChI is InChI=1S/C18H19ClF2N2O2/c1-11(14-8-12(20)4-6-16(14)21)23(2)10-18(24)22-13-5-7-17(25-3)15(19)9-13/h4-9,11H,10H2,1-3H3,(H,22,24). The molecule has 1 unspecified atom stereocenters. The second-order valence-corrected chi connectivity index (χ2v) is 6.06. The minimum Gasteiger partial charge on any atom is -0.495 e. The van der Waals surface area contributed by atoms with Crippen molar-refractivity contribution < 1.29 is 18.3 Å². The predicted molar refractivity (Wildman–Crippen MR) is 94.0 cm³/mol. The van der Waals surface area contributed by atoms with Crippen LogP contribution in [-0.2, 0) is 4.79 Å². The van der Waals surface area contributed by atoms with Crippen LogP contribution in [0.4, 0.5) is 14.5 Å². The number of carbonyl (C=O) groups excluding carboxylic acids is 1. The van der Waals surface area contributed by atoms with E-state index in [9.17, 15) is 13.6 Å². The molecular formula is C18H19ClF2N2O2. The molecule has 0 saturated heterocycles. The van der Waals surface area contributed by atoms with Crippen LogP contribution in [0, 0.1) is 11.6 Å². The largest absolute Gasteiger partial charge is 0.495 e. The normalized spacial score (nSPS) is 12.1. The van der Waals surface area contributed by atoms with E-state index in [2.05, 4.69) is 5.32 Å². The number of ether oxygens (including phenoxy) is 1. The Labute approximate surface area is 150 Å². The Bertz CT molecular complexity index is 771. The summed E-state index contributed by atoms with van der Waals surface area (Å²) in [6.07, 6.45) is 0. The van der Waals surface area contributed by atoms with E-state index in [1.807, 2.05) is 0 Å². The summed E-state index contributed by atoms with van der Waals surface area (Å²) in [7, 11) is 3.16. The molecule has 0 heterocycles. The topological polar surface area (TPSA) is 41.6 Å². The zero-order valence-electron chi connectivity index (χ0n) is 14.1. The molecule has 0 aliphatic carbocycles. The smallest absolute Gasteiger partial charge is 0.238 e. The van der Waals surface area contributed by atoms with Gasteiger partial charge in [-0.1, -0.05) is 11.6 Å². The van der Waals surface area contributed by atoms with E-state index < -0.39 is 17.7 Å². The molecule has 0 aromatic heterocycles. The van der Waals surface area contributed by atoms with Gasteiger partial charge < -0.3 is 10.1 Å². The summed E-state index contributed by atoms with van der Waals surface area (Å²) in [6.45, 7) is 1.70. The first-order valence-corrected chi connectivity index (χ1v) is 7.98. The van der Waals surface area contributed by atoms with E-state index in [4.69, 9.17) is 16.3 Å². The maximum absolute atomic E-state index is 13.9. The minimum absolute atomic E-state index is 0.000762. The van der Waals surface area contributed by atoms with Gasteiger partial charge in [0.15, 0.2) is 0 Å². The van der Waals surface area contributed by atoms with Gasteiger partial charge in [0.2, 0.25) is 5.91 Å². The number of rotatable bonds is 6. The highest BCUT2D eigenvalue weighted by atomic mass is 35.5. The maximum atomic E-state index is 13.9. The lowest BCUT2D eigenvalue weighted by Gasteiger charge is -2.25. The zero-order chi connectivity index (χ0) is 18.6. The summed E-state index contributed by atoms with van der Waals surface area (Å²) < 4.78 is 32.2. The highest BCUT2D eigenvalue weighted by Crippen LogP contribution is 2.27. The SMILES string of the molecule is COc1ccc(NC(=O)CN(C)C(C)c2cc(F)ccc2F)cc1Cl. The van der Waals surface area contributed by atoms with E-state index >= 15 is 0 Å². The van der Waals surface area contributed by atoms with E-state index in [1.165, 1.54) is 7.11 Å². The number of hydrogen-bond donors (Lipinski definition) is 1. The monoisotopic (exact) mass is 368 g/mol. The maximum Gasteiger partial charge on any atom is 0.238 e. The molecule has 2 aromatic carbocycles. The lowest BCUT2D eigenvalue weighted by molar-refractivity contribution is -0.117. The minimum atomic E-state index is -0.519. The molecule has 0 saturated carbocycles. The van der Waals surface area contributed by atoms with Gasteiger partial charge in [0.05, 0.1) is 18.7 Å². The Morgan fingerprint density at radius 1 is 1.28 bits per heavy atom. The third-order valence-electron chi connectivity index (χ3n) is 3.90. The molecule has 4 nitrogen and oxygen atoms in total. The van der Waals surface area contributed by atoms with Gasteiger partial charge in [-0.25, -0.2) is 8.78 Å². The van der Waals surface area contributed by atoms with E-state index in [0.717, 1.165) is 18.2 Å². The lowest BCUT2D eigenvalue weighted by Crippen LogP contribution is -2.32. The number of nitrogens with zero attached hydrogens (tertiary/aromatic N) is 1. The molecule has 2 rings (SSSR count). The average molecular weight is 369 g/mol. The quantitative estimate of drug-likeness (QED) is 0.828. The van der Waals surface area contributed by atoms with Crippen LogP contribution in [0.5, 0.6) is 5.75 Å². The molecule has 1 N–H and O–H groups in total. The number of likely N-dealkylation sites (N-methyl/N-ethyl adjacent to an activating group) is 1. The summed E-state index contributed by atoms with van der Waals surface area (Å²) in [5, 5.41) is 3.09. The Kier molecular flexibility index (Phi) is 6.33. The molecule has 0 bridgehead atoms. The molecule has 0 spiro atoms. The number of halogens is 3. The molecule has 7 heteroatoms. The van der Waals surface area contributed by atoms with Crippen molar-refractivity contribution in [3.05, 3.63) is 58.6 Å². The Hall–Kier alpha value is -2.18. The van der Waals surface area contributed by atoms with Crippen molar-refractivity contribution in [3.63, 3.8) is 0 Å². The molecule has 0 radical (unpaired) electrons. The van der Waals surface area contributed by atoms with Crippen LogP contribution in [0.1, 0.15) is 18.5 Å². The zero-order valence-corrected chi connectivity index (χ0v) is 14.9. The van der Waals surface area contributed by atoms with E-state index in [0.29, 0.717) is 16.5 Å². The van der Waals surface area contributed by atoms with Crippen molar-refractivity contribution in [1.29, 1.82) is 0 Å². The van der Waals surface area contributed by atoms with Gasteiger partial charge in [0.25, 0.3) is 0 Å². The summed E-state index contributed by atoms with van der Waals surface area (Å²) >= 11 is 6.02. The summed E-state index contributed by atoms with van der Waals surface area (Å²) in [4.78, 5) is 13.8. The lowest BCUT2D eigenvalue weighted by atomic mass is 10.1. The van der Waals surface area contributed by atoms with Crippen molar-refractivity contribution >= 4 is 23.2 Å². The summed E-state index contributed by atoms with van der Waals surface area (Å²) in [6, 6.07) is 7.69. The predicted octanol–water partition coefficient (Wildman–Crippen LogP) is 4.26. The number of anilines is 1. The number of hydrogen-bond acceptors (Lipinski definition) is 3. The molecule has 25 heavy (non-hydrogen) atoms. The van der Waals surface area contributed by atoms with Crippen LogP contribution in [0.3, 0.4) is 0 Å². The fourth-order valence-electron chi connectivity index (χ4n) is 2.38. The number of carbonyl (C=O) groups is 1. The number of methoxy groups -OCH3 is 1. The number of amides is 1. The highest BCUT2D eigenvalue weighted by molar-refractivity contribution is 6.32. The van der Waals surface area contributed by atoms with Crippen LogP contribution in [-0.4, -0.2) is 31.5 Å². The third-order valence-corrected chi connectivity index (χ3v) is 4.19. The van der Waals surface area contributed by atoms with Crippen LogP contribution in [0.2, 0.25) is 5.02 Å². The van der Waals surface area contributed by atoms with E-state index in [1.54, 1.807) is 37.1 Å². The first kappa shape index (κ1) is 19.1. The van der Waals surface area contributed by atoms with Crippen LogP contribution in [0.25, 0.3) is 0 Å². The Morgan fingerprint density at radius 2 is 2.00 bits per heavy atom. The number of nitrogens with one attached hydrogen (secondary N) is 1. The molecule has 2 aromatic rings. The molecule has 1 amide bonds.